The van der Waals surface area contributed by atoms with Crippen LogP contribution in [0.2, 0.25) is 0 Å². The van der Waals surface area contributed by atoms with Gasteiger partial charge in [-0.1, -0.05) is 19.9 Å². The van der Waals surface area contributed by atoms with Gasteiger partial charge in [0.1, 0.15) is 0 Å². The van der Waals surface area contributed by atoms with Gasteiger partial charge in [0, 0.05) is 16.6 Å². The summed E-state index contributed by atoms with van der Waals surface area (Å²) in [6.45, 7) is 4.05. The molecule has 0 aliphatic heterocycles. The van der Waals surface area contributed by atoms with E-state index in [0.29, 0.717) is 5.92 Å². The molecule has 1 aromatic carbocycles. The highest BCUT2D eigenvalue weighted by Crippen LogP contribution is 2.52. The van der Waals surface area contributed by atoms with E-state index in [-0.39, 0.29) is 5.56 Å². The molecule has 18 heavy (non-hydrogen) atoms. The van der Waals surface area contributed by atoms with E-state index in [9.17, 15) is 8.96 Å². The lowest BCUT2D eigenvalue weighted by Crippen LogP contribution is -1.92. The summed E-state index contributed by atoms with van der Waals surface area (Å²) in [5.74, 6) is -1.96. The van der Waals surface area contributed by atoms with Crippen LogP contribution in [0.5, 0.6) is 0 Å². The highest BCUT2D eigenvalue weighted by Gasteiger charge is 2.30. The number of aromatic amines is 1. The van der Waals surface area contributed by atoms with E-state index >= 15 is 0 Å². The summed E-state index contributed by atoms with van der Waals surface area (Å²) in [5, 5.41) is 0.757. The van der Waals surface area contributed by atoms with Gasteiger partial charge in [-0.25, -0.2) is 4.39 Å². The van der Waals surface area contributed by atoms with Gasteiger partial charge in [0.25, 0.3) is 0 Å². The average Bonchev–Trinajstić information content (AvgIpc) is 2.69. The maximum Gasteiger partial charge on any atom is 0.363 e. The maximum atomic E-state index is 13.6. The Balaban J connectivity index is 2.47. The predicted molar refractivity (Wildman–Crippen MR) is 68.3 cm³/mol. The van der Waals surface area contributed by atoms with Gasteiger partial charge in [-0.05, 0) is 29.7 Å². The molecular formula is C12H15FNO3P. The Morgan fingerprint density at radius 2 is 1.94 bits per heavy atom. The van der Waals surface area contributed by atoms with E-state index < -0.39 is 13.5 Å². The van der Waals surface area contributed by atoms with Crippen LogP contribution >= 0.6 is 7.60 Å². The fraction of sp³-hybridized carbons (Fsp3) is 0.333. The molecule has 2 aromatic rings. The molecule has 0 saturated carbocycles. The first kappa shape index (κ1) is 13.3. The van der Waals surface area contributed by atoms with Crippen LogP contribution in [0.4, 0.5) is 4.39 Å². The third-order valence-electron chi connectivity index (χ3n) is 2.86. The van der Waals surface area contributed by atoms with Crippen LogP contribution in [0.1, 0.15) is 36.9 Å². The number of H-pyrrole nitrogens is 1. The molecule has 0 unspecified atom stereocenters. The van der Waals surface area contributed by atoms with Crippen LogP contribution in [0.15, 0.2) is 24.3 Å². The van der Waals surface area contributed by atoms with Crippen molar-refractivity contribution in [1.82, 2.24) is 4.98 Å². The molecule has 0 radical (unpaired) electrons. The van der Waals surface area contributed by atoms with Crippen LogP contribution in [-0.2, 0) is 4.57 Å². The number of benzene rings is 1. The zero-order valence-electron chi connectivity index (χ0n) is 10.1. The van der Waals surface area contributed by atoms with Crippen molar-refractivity contribution in [2.24, 2.45) is 0 Å². The second-order valence-electron chi connectivity index (χ2n) is 4.65. The molecule has 0 bridgehead atoms. The van der Waals surface area contributed by atoms with Crippen molar-refractivity contribution in [3.8, 4) is 0 Å². The Morgan fingerprint density at radius 1 is 1.28 bits per heavy atom. The Hall–Kier alpha value is -1.16. The van der Waals surface area contributed by atoms with Crippen molar-refractivity contribution in [2.75, 3.05) is 0 Å². The normalized spacial score (nSPS) is 14.3. The average molecular weight is 271 g/mol. The molecule has 6 heteroatoms. The third kappa shape index (κ3) is 2.48. The van der Waals surface area contributed by atoms with Crippen molar-refractivity contribution < 1.29 is 18.7 Å². The lowest BCUT2D eigenvalue weighted by Gasteiger charge is -2.10. The number of fused-ring (bicyclic) bond motifs is 1. The fourth-order valence-corrected chi connectivity index (χ4v) is 2.38. The molecule has 1 heterocycles. The van der Waals surface area contributed by atoms with E-state index in [4.69, 9.17) is 9.79 Å². The summed E-state index contributed by atoms with van der Waals surface area (Å²) in [4.78, 5) is 20.9. The number of hydrogen-bond acceptors (Lipinski definition) is 1. The summed E-state index contributed by atoms with van der Waals surface area (Å²) < 4.78 is 24.5. The Bertz CT molecular complexity index is 617. The minimum Gasteiger partial charge on any atom is -0.358 e. The summed E-state index contributed by atoms with van der Waals surface area (Å²) in [5.41, 5.74) is 1.85. The third-order valence-corrected chi connectivity index (χ3v) is 3.75. The maximum absolute atomic E-state index is 13.6. The first-order valence-electron chi connectivity index (χ1n) is 5.61. The molecule has 1 atom stereocenters. The topological polar surface area (TPSA) is 73.3 Å². The van der Waals surface area contributed by atoms with Crippen molar-refractivity contribution in [3.05, 3.63) is 35.5 Å². The number of aromatic nitrogens is 1. The van der Waals surface area contributed by atoms with Gasteiger partial charge < -0.3 is 14.8 Å². The molecule has 1 aromatic heterocycles. The molecule has 0 aliphatic rings. The van der Waals surface area contributed by atoms with Gasteiger partial charge in [-0.3, -0.25) is 4.57 Å². The van der Waals surface area contributed by atoms with Gasteiger partial charge in [0.2, 0.25) is 5.91 Å². The van der Waals surface area contributed by atoms with Crippen LogP contribution < -0.4 is 0 Å². The number of halogens is 1. The first-order valence-corrected chi connectivity index (χ1v) is 7.29. The van der Waals surface area contributed by atoms with E-state index in [2.05, 4.69) is 4.98 Å². The Labute approximate surface area is 104 Å². The highest BCUT2D eigenvalue weighted by atomic mass is 31.2. The zero-order chi connectivity index (χ0) is 13.5. The lowest BCUT2D eigenvalue weighted by molar-refractivity contribution is 0.303. The zero-order valence-corrected chi connectivity index (χ0v) is 11.0. The molecule has 0 amide bonds. The fourth-order valence-electron chi connectivity index (χ4n) is 1.83. The van der Waals surface area contributed by atoms with E-state index in [1.54, 1.807) is 6.07 Å². The standard InChI is InChI=1S/C12H15FNO3P/c1-7(2)11-6-9-5-8(3-4-10(9)14-11)12(13)18(15,16)17/h3-7,12,14H,1-2H3,(H2,15,16,17)/t12-/m0/s1. The largest absolute Gasteiger partial charge is 0.363 e. The van der Waals surface area contributed by atoms with E-state index in [1.165, 1.54) is 12.1 Å². The van der Waals surface area contributed by atoms with Crippen molar-refractivity contribution in [3.63, 3.8) is 0 Å². The predicted octanol–water partition coefficient (Wildman–Crippen LogP) is 3.44. The number of alkyl halides is 1. The van der Waals surface area contributed by atoms with Crippen LogP contribution in [0, 0.1) is 0 Å². The molecule has 98 valence electrons. The molecule has 0 fully saturated rings. The van der Waals surface area contributed by atoms with Crippen molar-refractivity contribution in [2.45, 2.75) is 25.7 Å². The summed E-state index contributed by atoms with van der Waals surface area (Å²) in [6, 6.07) is 6.38. The van der Waals surface area contributed by atoms with Crippen LogP contribution in [-0.4, -0.2) is 14.8 Å². The van der Waals surface area contributed by atoms with Crippen molar-refractivity contribution in [1.29, 1.82) is 0 Å². The molecule has 0 aliphatic carbocycles. The van der Waals surface area contributed by atoms with Gasteiger partial charge in [0.15, 0.2) is 0 Å². The number of nitrogens with one attached hydrogen (secondary N) is 1. The molecule has 4 nitrogen and oxygen atoms in total. The molecule has 0 saturated heterocycles. The van der Waals surface area contributed by atoms with E-state index in [1.807, 2.05) is 19.9 Å². The summed E-state index contributed by atoms with van der Waals surface area (Å²) >= 11 is 0. The molecular weight excluding hydrogens is 256 g/mol. The van der Waals surface area contributed by atoms with E-state index in [0.717, 1.165) is 16.6 Å². The molecule has 2 rings (SSSR count). The van der Waals surface area contributed by atoms with Crippen LogP contribution in [0.25, 0.3) is 10.9 Å². The monoisotopic (exact) mass is 271 g/mol. The van der Waals surface area contributed by atoms with Crippen molar-refractivity contribution >= 4 is 18.5 Å². The number of rotatable bonds is 3. The first-order chi connectivity index (χ1) is 8.29. The SMILES string of the molecule is CC(C)c1cc2cc([C@@H](F)P(=O)(O)O)ccc2[nH]1. The van der Waals surface area contributed by atoms with Gasteiger partial charge in [-0.2, -0.15) is 0 Å². The highest BCUT2D eigenvalue weighted by molar-refractivity contribution is 7.51. The quantitative estimate of drug-likeness (QED) is 0.749. The van der Waals surface area contributed by atoms with Gasteiger partial charge >= 0.3 is 7.60 Å². The lowest BCUT2D eigenvalue weighted by atomic mass is 10.1. The summed E-state index contributed by atoms with van der Waals surface area (Å²) in [7, 11) is -4.75. The number of hydrogen-bond donors (Lipinski definition) is 3. The second kappa shape index (κ2) is 4.50. The minimum atomic E-state index is -4.75. The Kier molecular flexibility index (Phi) is 3.32. The summed E-state index contributed by atoms with van der Waals surface area (Å²) in [6.07, 6.45) is 0. The molecule has 0 spiro atoms. The molecule has 3 N–H and O–H groups in total. The van der Waals surface area contributed by atoms with Gasteiger partial charge in [0.05, 0.1) is 0 Å². The second-order valence-corrected chi connectivity index (χ2v) is 6.28. The smallest absolute Gasteiger partial charge is 0.358 e. The Morgan fingerprint density at radius 3 is 2.50 bits per heavy atom. The van der Waals surface area contributed by atoms with Crippen LogP contribution in [0.3, 0.4) is 0 Å². The van der Waals surface area contributed by atoms with Gasteiger partial charge in [-0.15, -0.1) is 0 Å². The minimum absolute atomic E-state index is 0.00476.